The van der Waals surface area contributed by atoms with Gasteiger partial charge in [-0.25, -0.2) is 0 Å². The Balaban J connectivity index is 2.42. The Morgan fingerprint density at radius 1 is 1.10 bits per heavy atom. The molecular weight excluding hydrogens is 254 g/mol. The zero-order valence-corrected chi connectivity index (χ0v) is 11.0. The van der Waals surface area contributed by atoms with Gasteiger partial charge in [0, 0.05) is 12.1 Å². The number of hydrogen-bond acceptors (Lipinski definition) is 5. The van der Waals surface area contributed by atoms with Crippen LogP contribution in [-0.2, 0) is 0 Å². The summed E-state index contributed by atoms with van der Waals surface area (Å²) in [7, 11) is 0. The van der Waals surface area contributed by atoms with Gasteiger partial charge in [-0.2, -0.15) is 10.5 Å². The molecule has 0 fully saturated rings. The van der Waals surface area contributed by atoms with Gasteiger partial charge < -0.3 is 9.84 Å². The van der Waals surface area contributed by atoms with E-state index in [0.29, 0.717) is 18.9 Å². The van der Waals surface area contributed by atoms with Crippen LogP contribution in [0.4, 0.5) is 0 Å². The van der Waals surface area contributed by atoms with Crippen molar-refractivity contribution in [3.8, 4) is 29.7 Å². The Kier molecular flexibility index (Phi) is 7.31. The Labute approximate surface area is 118 Å². The predicted octanol–water partition coefficient (Wildman–Crippen LogP) is 0.758. The Morgan fingerprint density at radius 3 is 2.30 bits per heavy atom. The number of benzene rings is 1. The third-order valence-electron chi connectivity index (χ3n) is 2.43. The fourth-order valence-corrected chi connectivity index (χ4v) is 1.48. The second-order valence-electron chi connectivity index (χ2n) is 3.86. The van der Waals surface area contributed by atoms with Crippen LogP contribution < -0.4 is 4.74 Å². The second kappa shape index (κ2) is 9.42. The third kappa shape index (κ3) is 5.89. The largest absolute Gasteiger partial charge is 0.492 e. The Bertz CT molecular complexity index is 528. The van der Waals surface area contributed by atoms with Crippen LogP contribution in [0.2, 0.25) is 0 Å². The lowest BCUT2D eigenvalue weighted by Gasteiger charge is -2.15. The number of aliphatic hydroxyl groups excluding tert-OH is 1. The molecular formula is C15H15N3O2. The minimum atomic E-state index is -0.161. The summed E-state index contributed by atoms with van der Waals surface area (Å²) >= 11 is 0. The molecule has 0 aliphatic heterocycles. The molecule has 0 aromatic heterocycles. The summed E-state index contributed by atoms with van der Waals surface area (Å²) in [6.07, 6.45) is 0. The molecule has 0 atom stereocenters. The highest BCUT2D eigenvalue weighted by atomic mass is 16.5. The molecule has 0 bridgehead atoms. The molecule has 0 amide bonds. The summed E-state index contributed by atoms with van der Waals surface area (Å²) < 4.78 is 5.53. The molecule has 1 N–H and O–H groups in total. The zero-order valence-electron chi connectivity index (χ0n) is 11.0. The maximum atomic E-state index is 8.61. The van der Waals surface area contributed by atoms with E-state index in [0.717, 1.165) is 5.56 Å². The summed E-state index contributed by atoms with van der Waals surface area (Å²) in [6.45, 7) is 1.20. The van der Waals surface area contributed by atoms with Gasteiger partial charge in [-0.1, -0.05) is 11.8 Å². The van der Waals surface area contributed by atoms with Crippen LogP contribution in [0.15, 0.2) is 24.3 Å². The van der Waals surface area contributed by atoms with E-state index < -0.39 is 0 Å². The van der Waals surface area contributed by atoms with Gasteiger partial charge >= 0.3 is 0 Å². The van der Waals surface area contributed by atoms with E-state index in [1.807, 2.05) is 12.1 Å². The molecule has 0 aliphatic rings. The summed E-state index contributed by atoms with van der Waals surface area (Å²) in [5, 5.41) is 25.8. The Hall–Kier alpha value is -2.52. The van der Waals surface area contributed by atoms with E-state index in [-0.39, 0.29) is 19.7 Å². The van der Waals surface area contributed by atoms with Crippen molar-refractivity contribution in [2.45, 2.75) is 0 Å². The third-order valence-corrected chi connectivity index (χ3v) is 2.43. The molecule has 1 aromatic rings. The molecule has 102 valence electrons. The van der Waals surface area contributed by atoms with Crippen molar-refractivity contribution in [2.24, 2.45) is 0 Å². The summed E-state index contributed by atoms with van der Waals surface area (Å²) in [6, 6.07) is 11.2. The van der Waals surface area contributed by atoms with Crippen molar-refractivity contribution in [1.82, 2.24) is 4.90 Å². The summed E-state index contributed by atoms with van der Waals surface area (Å²) in [4.78, 5) is 1.71. The van der Waals surface area contributed by atoms with Crippen LogP contribution in [0, 0.1) is 34.5 Å². The van der Waals surface area contributed by atoms with Gasteiger partial charge in [0.2, 0.25) is 0 Å². The molecule has 1 rings (SSSR count). The van der Waals surface area contributed by atoms with Crippen molar-refractivity contribution in [3.05, 3.63) is 29.8 Å². The topological polar surface area (TPSA) is 80.3 Å². The van der Waals surface area contributed by atoms with Crippen molar-refractivity contribution in [1.29, 1.82) is 10.5 Å². The molecule has 0 saturated carbocycles. The van der Waals surface area contributed by atoms with Crippen molar-refractivity contribution in [3.63, 3.8) is 0 Å². The maximum Gasteiger partial charge on any atom is 0.119 e. The van der Waals surface area contributed by atoms with E-state index in [9.17, 15) is 0 Å². The van der Waals surface area contributed by atoms with Gasteiger partial charge in [0.25, 0.3) is 0 Å². The van der Waals surface area contributed by atoms with Crippen LogP contribution in [0.5, 0.6) is 5.75 Å². The summed E-state index contributed by atoms with van der Waals surface area (Å²) in [5.74, 6) is 6.06. The van der Waals surface area contributed by atoms with E-state index in [1.54, 1.807) is 29.2 Å². The molecule has 0 unspecified atom stereocenters. The first-order chi connectivity index (χ1) is 9.80. The number of nitriles is 2. The second-order valence-corrected chi connectivity index (χ2v) is 3.86. The number of hydrogen-bond donors (Lipinski definition) is 1. The molecule has 0 heterocycles. The molecule has 0 spiro atoms. The number of rotatable bonds is 6. The number of nitrogens with zero attached hydrogens (tertiary/aromatic N) is 3. The van der Waals surface area contributed by atoms with E-state index in [4.69, 9.17) is 20.4 Å². The molecule has 1 aromatic carbocycles. The minimum Gasteiger partial charge on any atom is -0.492 e. The van der Waals surface area contributed by atoms with Gasteiger partial charge in [-0.15, -0.1) is 0 Å². The first kappa shape index (κ1) is 15.5. The lowest BCUT2D eigenvalue weighted by atomic mass is 10.2. The zero-order chi connectivity index (χ0) is 14.6. The first-order valence-electron chi connectivity index (χ1n) is 6.09. The van der Waals surface area contributed by atoms with Crippen LogP contribution in [0.25, 0.3) is 0 Å². The number of ether oxygens (including phenoxy) is 1. The van der Waals surface area contributed by atoms with Crippen LogP contribution in [-0.4, -0.2) is 42.9 Å². The average Bonchev–Trinajstić information content (AvgIpc) is 2.47. The van der Waals surface area contributed by atoms with Crippen LogP contribution >= 0.6 is 0 Å². The predicted molar refractivity (Wildman–Crippen MR) is 73.6 cm³/mol. The standard InChI is InChI=1S/C15H15N3O2/c16-7-9-18(10-8-17)11-13-20-15-5-3-14(4-6-15)2-1-12-19/h3-6,19H,9-13H2. The Morgan fingerprint density at radius 2 is 1.75 bits per heavy atom. The molecule has 5 nitrogen and oxygen atoms in total. The van der Waals surface area contributed by atoms with E-state index in [1.165, 1.54) is 0 Å². The fraction of sp³-hybridized carbons (Fsp3) is 0.333. The van der Waals surface area contributed by atoms with Gasteiger partial charge in [0.1, 0.15) is 19.0 Å². The van der Waals surface area contributed by atoms with Crippen molar-refractivity contribution in [2.75, 3.05) is 32.8 Å². The SMILES string of the molecule is N#CCN(CC#N)CCOc1ccc(C#CCO)cc1. The first-order valence-corrected chi connectivity index (χ1v) is 6.09. The highest BCUT2D eigenvalue weighted by Crippen LogP contribution is 2.11. The molecule has 0 saturated heterocycles. The van der Waals surface area contributed by atoms with Gasteiger partial charge in [0.05, 0.1) is 25.2 Å². The van der Waals surface area contributed by atoms with Gasteiger partial charge in [-0.3, -0.25) is 4.90 Å². The van der Waals surface area contributed by atoms with Gasteiger partial charge in [0.15, 0.2) is 0 Å². The minimum absolute atomic E-state index is 0.161. The highest BCUT2D eigenvalue weighted by Gasteiger charge is 2.03. The smallest absolute Gasteiger partial charge is 0.119 e. The lowest BCUT2D eigenvalue weighted by molar-refractivity contribution is 0.239. The average molecular weight is 269 g/mol. The summed E-state index contributed by atoms with van der Waals surface area (Å²) in [5.41, 5.74) is 0.807. The van der Waals surface area contributed by atoms with Crippen LogP contribution in [0.3, 0.4) is 0 Å². The van der Waals surface area contributed by atoms with Crippen LogP contribution in [0.1, 0.15) is 5.56 Å². The van der Waals surface area contributed by atoms with Crippen molar-refractivity contribution >= 4 is 0 Å². The molecule has 5 heteroatoms. The normalized spacial score (nSPS) is 9.20. The number of aliphatic hydroxyl groups is 1. The van der Waals surface area contributed by atoms with E-state index >= 15 is 0 Å². The van der Waals surface area contributed by atoms with Crippen molar-refractivity contribution < 1.29 is 9.84 Å². The quantitative estimate of drug-likeness (QED) is 0.609. The molecule has 20 heavy (non-hydrogen) atoms. The molecule has 0 aliphatic carbocycles. The molecule has 0 radical (unpaired) electrons. The maximum absolute atomic E-state index is 8.61. The fourth-order valence-electron chi connectivity index (χ4n) is 1.48. The van der Waals surface area contributed by atoms with Gasteiger partial charge in [-0.05, 0) is 24.3 Å². The lowest BCUT2D eigenvalue weighted by Crippen LogP contribution is -2.29. The monoisotopic (exact) mass is 269 g/mol. The highest BCUT2D eigenvalue weighted by molar-refractivity contribution is 5.38. The van der Waals surface area contributed by atoms with E-state index in [2.05, 4.69) is 11.8 Å².